The molecule has 38 heavy (non-hydrogen) atoms. The van der Waals surface area contributed by atoms with Crippen molar-refractivity contribution in [2.24, 2.45) is 0 Å². The minimum atomic E-state index is -5.89. The van der Waals surface area contributed by atoms with Gasteiger partial charge in [0.25, 0.3) is 11.5 Å². The number of alkyl halides is 6. The molecule has 2 aromatic carbocycles. The second kappa shape index (κ2) is 13.2. The van der Waals surface area contributed by atoms with E-state index < -0.39 is 47.5 Å². The Morgan fingerprint density at radius 2 is 1.45 bits per heavy atom. The van der Waals surface area contributed by atoms with Gasteiger partial charge in [0.2, 0.25) is 0 Å². The van der Waals surface area contributed by atoms with E-state index in [9.17, 15) is 31.1 Å². The number of anilines is 1. The number of methoxy groups -OCH3 is 2. The van der Waals surface area contributed by atoms with Crippen molar-refractivity contribution in [2.75, 3.05) is 32.3 Å². The molecule has 2 aromatic rings. The molecule has 12 heteroatoms. The average Bonchev–Trinajstić information content (AvgIpc) is 2.85. The SMILES string of the molecule is CCCCOC(c1ccc(N(CCCC)C(=O)c2ccccc2I)c(OC)c1OC)(C(F)(F)F)C(F)(F)F. The van der Waals surface area contributed by atoms with Crippen molar-refractivity contribution in [2.45, 2.75) is 57.5 Å². The highest BCUT2D eigenvalue weighted by atomic mass is 127. The van der Waals surface area contributed by atoms with Crippen LogP contribution >= 0.6 is 22.6 Å². The van der Waals surface area contributed by atoms with Crippen LogP contribution in [-0.2, 0) is 10.3 Å². The average molecular weight is 661 g/mol. The Hall–Kier alpha value is -2.22. The highest BCUT2D eigenvalue weighted by Crippen LogP contribution is 2.57. The normalized spacial score (nSPS) is 12.4. The van der Waals surface area contributed by atoms with Gasteiger partial charge in [-0.25, -0.2) is 0 Å². The first kappa shape index (κ1) is 32.0. The summed E-state index contributed by atoms with van der Waals surface area (Å²) in [5, 5.41) is 0. The summed E-state index contributed by atoms with van der Waals surface area (Å²) in [4.78, 5) is 14.8. The molecule has 1 amide bonds. The van der Waals surface area contributed by atoms with Crippen LogP contribution in [-0.4, -0.2) is 45.6 Å². The van der Waals surface area contributed by atoms with E-state index >= 15 is 0 Å². The second-order valence-electron chi connectivity index (χ2n) is 8.37. The van der Waals surface area contributed by atoms with Crippen LogP contribution in [0, 0.1) is 3.57 Å². The van der Waals surface area contributed by atoms with E-state index in [4.69, 9.17) is 9.47 Å². The fraction of sp³-hybridized carbons (Fsp3) is 0.500. The molecule has 0 aliphatic heterocycles. The van der Waals surface area contributed by atoms with Crippen LogP contribution in [0.3, 0.4) is 0 Å². The zero-order chi connectivity index (χ0) is 28.7. The van der Waals surface area contributed by atoms with Gasteiger partial charge < -0.3 is 19.1 Å². The zero-order valence-electron chi connectivity index (χ0n) is 21.4. The molecule has 0 saturated carbocycles. The lowest BCUT2D eigenvalue weighted by Gasteiger charge is -2.38. The zero-order valence-corrected chi connectivity index (χ0v) is 23.6. The van der Waals surface area contributed by atoms with E-state index in [1.807, 2.05) is 29.5 Å². The number of ether oxygens (including phenoxy) is 3. The lowest BCUT2D eigenvalue weighted by atomic mass is 9.89. The maximum atomic E-state index is 14.3. The summed E-state index contributed by atoms with van der Waals surface area (Å²) in [6, 6.07) is 8.34. The Morgan fingerprint density at radius 3 is 1.95 bits per heavy atom. The van der Waals surface area contributed by atoms with E-state index in [0.717, 1.165) is 20.3 Å². The van der Waals surface area contributed by atoms with Crippen LogP contribution in [0.15, 0.2) is 36.4 Å². The molecule has 0 aliphatic rings. The first-order valence-corrected chi connectivity index (χ1v) is 13.0. The maximum Gasteiger partial charge on any atom is 0.431 e. The third kappa shape index (κ3) is 6.32. The molecule has 2 rings (SSSR count). The van der Waals surface area contributed by atoms with Gasteiger partial charge >= 0.3 is 12.4 Å². The molecule has 0 saturated heterocycles. The number of unbranched alkanes of at least 4 members (excludes halogenated alkanes) is 2. The number of carbonyl (C=O) groups is 1. The number of nitrogens with zero attached hydrogens (tertiary/aromatic N) is 1. The first-order valence-electron chi connectivity index (χ1n) is 11.9. The lowest BCUT2D eigenvalue weighted by Crippen LogP contribution is -2.56. The van der Waals surface area contributed by atoms with E-state index in [2.05, 4.69) is 4.74 Å². The van der Waals surface area contributed by atoms with Gasteiger partial charge in [-0.15, -0.1) is 0 Å². The second-order valence-corrected chi connectivity index (χ2v) is 9.53. The van der Waals surface area contributed by atoms with Gasteiger partial charge in [0.15, 0.2) is 11.5 Å². The largest absolute Gasteiger partial charge is 0.492 e. The van der Waals surface area contributed by atoms with Crippen LogP contribution in [0.5, 0.6) is 11.5 Å². The van der Waals surface area contributed by atoms with Crippen molar-refractivity contribution in [3.8, 4) is 11.5 Å². The highest BCUT2D eigenvalue weighted by molar-refractivity contribution is 14.1. The molecule has 212 valence electrons. The summed E-state index contributed by atoms with van der Waals surface area (Å²) in [5.41, 5.74) is -5.71. The number of hydrogen-bond donors (Lipinski definition) is 0. The molecular formula is C26H30F6INO4. The van der Waals surface area contributed by atoms with Gasteiger partial charge in [-0.2, -0.15) is 26.3 Å². The standard InChI is InChI=1S/C26H30F6INO4/c1-5-7-15-34(23(35)17-11-9-10-12-19(17)33)20-14-13-18(21(36-3)22(20)37-4)24(25(27,28)29,26(30,31)32)38-16-8-6-2/h9-14H,5-8,15-16H2,1-4H3. The fourth-order valence-electron chi connectivity index (χ4n) is 3.95. The van der Waals surface area contributed by atoms with Crippen molar-refractivity contribution >= 4 is 34.2 Å². The van der Waals surface area contributed by atoms with Crippen molar-refractivity contribution in [3.05, 3.63) is 51.1 Å². The summed E-state index contributed by atoms with van der Waals surface area (Å²) >= 11 is 1.98. The fourth-order valence-corrected chi connectivity index (χ4v) is 4.56. The molecule has 0 aliphatic carbocycles. The van der Waals surface area contributed by atoms with Crippen molar-refractivity contribution in [1.82, 2.24) is 0 Å². The van der Waals surface area contributed by atoms with Gasteiger partial charge in [-0.3, -0.25) is 4.79 Å². The van der Waals surface area contributed by atoms with Crippen LogP contribution in [0.2, 0.25) is 0 Å². The van der Waals surface area contributed by atoms with Gasteiger partial charge in [-0.1, -0.05) is 38.8 Å². The van der Waals surface area contributed by atoms with E-state index in [1.54, 1.807) is 31.2 Å². The Balaban J connectivity index is 2.86. The quantitative estimate of drug-likeness (QED) is 0.132. The highest BCUT2D eigenvalue weighted by Gasteiger charge is 2.74. The van der Waals surface area contributed by atoms with Crippen LogP contribution in [0.4, 0.5) is 32.0 Å². The van der Waals surface area contributed by atoms with Gasteiger partial charge in [-0.05, 0) is 59.7 Å². The smallest absolute Gasteiger partial charge is 0.431 e. The summed E-state index contributed by atoms with van der Waals surface area (Å²) in [6.45, 7) is 2.83. The number of rotatable bonds is 12. The van der Waals surface area contributed by atoms with Gasteiger partial charge in [0.1, 0.15) is 0 Å². The first-order chi connectivity index (χ1) is 17.8. The number of hydrogen-bond acceptors (Lipinski definition) is 4. The molecule has 0 fully saturated rings. The molecule has 0 unspecified atom stereocenters. The van der Waals surface area contributed by atoms with E-state index in [-0.39, 0.29) is 18.7 Å². The Kier molecular flexibility index (Phi) is 11.1. The number of amides is 1. The van der Waals surface area contributed by atoms with Crippen LogP contribution < -0.4 is 14.4 Å². The molecule has 0 aromatic heterocycles. The number of halogens is 7. The molecule has 0 N–H and O–H groups in total. The van der Waals surface area contributed by atoms with Gasteiger partial charge in [0, 0.05) is 22.3 Å². The molecule has 0 spiro atoms. The van der Waals surface area contributed by atoms with Crippen LogP contribution in [0.25, 0.3) is 0 Å². The van der Waals surface area contributed by atoms with Gasteiger partial charge in [0.05, 0.1) is 25.5 Å². The van der Waals surface area contributed by atoms with Crippen molar-refractivity contribution < 1.29 is 45.3 Å². The summed E-state index contributed by atoms with van der Waals surface area (Å²) < 4.78 is 102. The van der Waals surface area contributed by atoms with E-state index in [0.29, 0.717) is 34.5 Å². The number of carbonyl (C=O) groups excluding carboxylic acids is 1. The third-order valence-electron chi connectivity index (χ3n) is 5.87. The van der Waals surface area contributed by atoms with E-state index in [1.165, 1.54) is 4.90 Å². The topological polar surface area (TPSA) is 48.0 Å². The Bertz CT molecular complexity index is 1080. The minimum Gasteiger partial charge on any atom is -0.492 e. The molecular weight excluding hydrogens is 631 g/mol. The minimum absolute atomic E-state index is 0.0273. The summed E-state index contributed by atoms with van der Waals surface area (Å²) in [7, 11) is 2.02. The predicted octanol–water partition coefficient (Wildman–Crippen LogP) is 7.89. The molecule has 5 nitrogen and oxygen atoms in total. The molecule has 0 radical (unpaired) electrons. The lowest BCUT2D eigenvalue weighted by molar-refractivity contribution is -0.390. The summed E-state index contributed by atoms with van der Waals surface area (Å²) in [5.74, 6) is -1.76. The summed E-state index contributed by atoms with van der Waals surface area (Å²) in [6.07, 6.45) is -10.3. The molecule has 0 heterocycles. The van der Waals surface area contributed by atoms with Crippen molar-refractivity contribution in [1.29, 1.82) is 0 Å². The third-order valence-corrected chi connectivity index (χ3v) is 6.81. The molecule has 0 atom stereocenters. The molecule has 0 bridgehead atoms. The monoisotopic (exact) mass is 661 g/mol. The maximum absolute atomic E-state index is 14.3. The Morgan fingerprint density at radius 1 is 0.868 bits per heavy atom. The Labute approximate surface area is 231 Å². The van der Waals surface area contributed by atoms with Crippen molar-refractivity contribution in [3.63, 3.8) is 0 Å². The predicted molar refractivity (Wildman–Crippen MR) is 140 cm³/mol. The van der Waals surface area contributed by atoms with Crippen LogP contribution in [0.1, 0.15) is 55.5 Å². The number of benzene rings is 2.